The number of carbonyl (C=O) groups is 1. The molecule has 0 fully saturated rings. The molecule has 0 bridgehead atoms. The highest BCUT2D eigenvalue weighted by Gasteiger charge is 1.94. The smallest absolute Gasteiger partial charge is 0.318 e. The normalized spacial score (nSPS) is 13.0. The monoisotopic (exact) mass is 154 g/mol. The van der Waals surface area contributed by atoms with Gasteiger partial charge in [0.25, 0.3) is 0 Å². The highest BCUT2D eigenvalue weighted by Crippen LogP contribution is 1.57. The Morgan fingerprint density at radius 2 is 2.22 bits per heavy atom. The number of hydrogen-bond donors (Lipinski definition) is 4. The largest absolute Gasteiger partial charge is 0.480 e. The molecule has 7 heteroatoms. The zero-order chi connectivity index (χ0) is 7.28. The van der Waals surface area contributed by atoms with Gasteiger partial charge >= 0.3 is 5.97 Å². The van der Waals surface area contributed by atoms with Gasteiger partial charge in [0.1, 0.15) is 6.54 Å². The van der Waals surface area contributed by atoms with Gasteiger partial charge in [-0.25, -0.2) is 9.63 Å². The van der Waals surface area contributed by atoms with Gasteiger partial charge in [0.15, 0.2) is 0 Å². The Morgan fingerprint density at radius 1 is 1.67 bits per heavy atom. The molecular formula is C2H6N2O4S. The molecule has 6 nitrogen and oxygen atoms in total. The van der Waals surface area contributed by atoms with Crippen LogP contribution in [0.3, 0.4) is 0 Å². The maximum absolute atomic E-state index is 9.73. The first kappa shape index (κ1) is 8.50. The van der Waals surface area contributed by atoms with E-state index >= 15 is 0 Å². The number of aliphatic carboxylic acids is 1. The van der Waals surface area contributed by atoms with Crippen LogP contribution < -0.4 is 10.3 Å². The van der Waals surface area contributed by atoms with Gasteiger partial charge in [-0.3, -0.25) is 9.35 Å². The first-order valence-corrected chi connectivity index (χ1v) is 3.04. The average molecular weight is 154 g/mol. The van der Waals surface area contributed by atoms with E-state index in [-0.39, 0.29) is 0 Å². The lowest BCUT2D eigenvalue weighted by Gasteiger charge is -1.96. The van der Waals surface area contributed by atoms with E-state index in [0.29, 0.717) is 0 Å². The number of nitrogens with one attached hydrogen (secondary N) is 2. The number of carboxylic acid groups (broad SMARTS) is 1. The van der Waals surface area contributed by atoms with E-state index in [9.17, 15) is 9.00 Å². The van der Waals surface area contributed by atoms with Gasteiger partial charge in [-0.15, -0.1) is 0 Å². The maximum Gasteiger partial charge on any atom is 0.318 e. The van der Waals surface area contributed by atoms with Crippen LogP contribution >= 0.6 is 0 Å². The summed E-state index contributed by atoms with van der Waals surface area (Å²) in [7, 11) is 0. The lowest BCUT2D eigenvalue weighted by atomic mass is 10.7. The molecule has 0 saturated heterocycles. The third kappa shape index (κ3) is 7.50. The summed E-state index contributed by atoms with van der Waals surface area (Å²) in [6.45, 7) is -0.397. The number of carboxylic acids is 1. The highest BCUT2D eigenvalue weighted by molar-refractivity contribution is 7.77. The summed E-state index contributed by atoms with van der Waals surface area (Å²) in [5, 5.41) is 7.94. The molecule has 0 aliphatic rings. The van der Waals surface area contributed by atoms with Gasteiger partial charge < -0.3 is 5.11 Å². The molecule has 0 rings (SSSR count). The van der Waals surface area contributed by atoms with Crippen LogP contribution in [0.1, 0.15) is 0 Å². The second-order valence-electron chi connectivity index (χ2n) is 1.10. The second-order valence-corrected chi connectivity index (χ2v) is 1.80. The van der Waals surface area contributed by atoms with Crippen LogP contribution in [-0.4, -0.2) is 26.4 Å². The summed E-state index contributed by atoms with van der Waals surface area (Å²) < 4.78 is 17.7. The van der Waals surface area contributed by atoms with E-state index < -0.39 is 23.8 Å². The van der Waals surface area contributed by atoms with Crippen LogP contribution in [0, 0.1) is 0 Å². The van der Waals surface area contributed by atoms with Gasteiger partial charge in [0.2, 0.25) is 11.3 Å². The minimum Gasteiger partial charge on any atom is -0.480 e. The molecule has 0 aliphatic heterocycles. The Labute approximate surface area is 53.6 Å². The predicted molar refractivity (Wildman–Crippen MR) is 29.5 cm³/mol. The fraction of sp³-hybridized carbons (Fsp3) is 0.500. The fourth-order valence-corrected chi connectivity index (χ4v) is 0.369. The van der Waals surface area contributed by atoms with Crippen molar-refractivity contribution in [3.63, 3.8) is 0 Å². The zero-order valence-corrected chi connectivity index (χ0v) is 5.14. The quantitative estimate of drug-likeness (QED) is 0.286. The standard InChI is InChI=1S/C2H6N2O4S/c5-2(6)1-3-4-9(7)8/h3-4H,1H2,(H,5,6)(H,7,8). The lowest BCUT2D eigenvalue weighted by Crippen LogP contribution is -2.36. The Morgan fingerprint density at radius 3 is 2.56 bits per heavy atom. The molecule has 0 saturated carbocycles. The number of hydrazine groups is 1. The summed E-state index contributed by atoms with van der Waals surface area (Å²) in [5.41, 5.74) is 1.98. The molecule has 0 spiro atoms. The van der Waals surface area contributed by atoms with E-state index in [4.69, 9.17) is 9.66 Å². The van der Waals surface area contributed by atoms with Gasteiger partial charge in [-0.1, -0.05) is 0 Å². The van der Waals surface area contributed by atoms with Crippen molar-refractivity contribution < 1.29 is 18.7 Å². The predicted octanol–water partition coefficient (Wildman–Crippen LogP) is -1.70. The van der Waals surface area contributed by atoms with E-state index in [0.717, 1.165) is 0 Å². The first-order valence-electron chi connectivity index (χ1n) is 1.94. The fourth-order valence-electron chi connectivity index (χ4n) is 0.173. The molecule has 54 valence electrons. The van der Waals surface area contributed by atoms with E-state index in [1.807, 2.05) is 5.43 Å². The topological polar surface area (TPSA) is 98.7 Å². The van der Waals surface area contributed by atoms with Crippen LogP contribution in [0.2, 0.25) is 0 Å². The number of hydrogen-bond acceptors (Lipinski definition) is 3. The Bertz CT molecular complexity index is 112. The second kappa shape index (κ2) is 4.39. The van der Waals surface area contributed by atoms with Gasteiger partial charge in [0.05, 0.1) is 0 Å². The van der Waals surface area contributed by atoms with Crippen LogP contribution in [0.15, 0.2) is 0 Å². The molecule has 0 radical (unpaired) electrons. The summed E-state index contributed by atoms with van der Waals surface area (Å²) in [6.07, 6.45) is 0. The van der Waals surface area contributed by atoms with Gasteiger partial charge in [0, 0.05) is 0 Å². The lowest BCUT2D eigenvalue weighted by molar-refractivity contribution is -0.136. The molecule has 0 amide bonds. The van der Waals surface area contributed by atoms with Crippen molar-refractivity contribution >= 4 is 17.2 Å². The van der Waals surface area contributed by atoms with Crippen LogP contribution in [0.5, 0.6) is 0 Å². The summed E-state index contributed by atoms with van der Waals surface area (Å²) in [5.74, 6) is -1.10. The van der Waals surface area contributed by atoms with Crippen molar-refractivity contribution in [2.75, 3.05) is 6.54 Å². The van der Waals surface area contributed by atoms with Crippen molar-refractivity contribution in [2.45, 2.75) is 0 Å². The molecule has 0 aromatic rings. The van der Waals surface area contributed by atoms with Crippen molar-refractivity contribution in [1.29, 1.82) is 0 Å². The molecule has 1 atom stereocenters. The first-order chi connectivity index (χ1) is 4.13. The van der Waals surface area contributed by atoms with Gasteiger partial charge in [-0.2, -0.15) is 4.83 Å². The molecule has 0 heterocycles. The van der Waals surface area contributed by atoms with Crippen LogP contribution in [0.25, 0.3) is 0 Å². The average Bonchev–Trinajstić information content (AvgIpc) is 1.63. The third-order valence-electron chi connectivity index (χ3n) is 0.399. The minimum atomic E-state index is -2.21. The van der Waals surface area contributed by atoms with Crippen molar-refractivity contribution in [2.24, 2.45) is 0 Å². The molecule has 4 N–H and O–H groups in total. The minimum absolute atomic E-state index is 0.397. The third-order valence-corrected chi connectivity index (χ3v) is 0.718. The summed E-state index contributed by atoms with van der Waals surface area (Å²) in [6, 6.07) is 0. The summed E-state index contributed by atoms with van der Waals surface area (Å²) >= 11 is -2.21. The van der Waals surface area contributed by atoms with Crippen LogP contribution in [0.4, 0.5) is 0 Å². The molecule has 0 aliphatic carbocycles. The Balaban J connectivity index is 3.10. The van der Waals surface area contributed by atoms with Crippen LogP contribution in [-0.2, 0) is 16.1 Å². The molecule has 0 aromatic carbocycles. The van der Waals surface area contributed by atoms with E-state index in [1.165, 1.54) is 0 Å². The molecule has 1 unspecified atom stereocenters. The van der Waals surface area contributed by atoms with Crippen molar-refractivity contribution in [3.05, 3.63) is 0 Å². The Hall–Kier alpha value is -0.500. The van der Waals surface area contributed by atoms with E-state index in [1.54, 1.807) is 4.83 Å². The van der Waals surface area contributed by atoms with E-state index in [2.05, 4.69) is 0 Å². The molecular weight excluding hydrogens is 148 g/mol. The molecule has 0 aromatic heterocycles. The SMILES string of the molecule is O=C(O)CNNS(=O)O. The van der Waals surface area contributed by atoms with Gasteiger partial charge in [-0.05, 0) is 0 Å². The zero-order valence-electron chi connectivity index (χ0n) is 4.33. The Kier molecular flexibility index (Phi) is 4.14. The molecule has 9 heavy (non-hydrogen) atoms. The highest BCUT2D eigenvalue weighted by atomic mass is 32.2. The maximum atomic E-state index is 9.73. The van der Waals surface area contributed by atoms with Crippen molar-refractivity contribution in [1.82, 2.24) is 10.3 Å². The van der Waals surface area contributed by atoms with Crippen molar-refractivity contribution in [3.8, 4) is 0 Å². The number of rotatable bonds is 4. The summed E-state index contributed by atoms with van der Waals surface area (Å²) in [4.78, 5) is 11.5.